The lowest BCUT2D eigenvalue weighted by Crippen LogP contribution is -2.47. The van der Waals surface area contributed by atoms with Crippen LogP contribution in [0.3, 0.4) is 0 Å². The number of likely N-dealkylation sites (tertiary alicyclic amines) is 1. The molecule has 0 spiro atoms. The van der Waals surface area contributed by atoms with Crippen LogP contribution in [0.25, 0.3) is 0 Å². The summed E-state index contributed by atoms with van der Waals surface area (Å²) < 4.78 is 16.6. The molecule has 2 rings (SSSR count). The fourth-order valence-electron chi connectivity index (χ4n) is 2.86. The van der Waals surface area contributed by atoms with Crippen LogP contribution in [0.15, 0.2) is 23.3 Å². The van der Waals surface area contributed by atoms with Gasteiger partial charge >= 0.3 is 0 Å². The van der Waals surface area contributed by atoms with Crippen LogP contribution in [-0.2, 0) is 9.47 Å². The average Bonchev–Trinajstić information content (AvgIpc) is 2.69. The van der Waals surface area contributed by atoms with E-state index in [1.807, 2.05) is 0 Å². The Morgan fingerprint density at radius 1 is 1.29 bits per heavy atom. The summed E-state index contributed by atoms with van der Waals surface area (Å²) in [6, 6.07) is 3.52. The first-order valence-corrected chi connectivity index (χ1v) is 9.99. The highest BCUT2D eigenvalue weighted by atomic mass is 127. The number of aliphatic imine (C=N–C) groups is 1. The third kappa shape index (κ3) is 9.58. The van der Waals surface area contributed by atoms with Crippen molar-refractivity contribution in [3.8, 4) is 5.88 Å². The van der Waals surface area contributed by atoms with Crippen molar-refractivity contribution < 1.29 is 14.2 Å². The van der Waals surface area contributed by atoms with Crippen LogP contribution in [0.2, 0.25) is 5.02 Å². The molecular formula is C19H32ClIN4O3. The van der Waals surface area contributed by atoms with E-state index in [1.165, 1.54) is 0 Å². The molecule has 0 aliphatic carbocycles. The molecule has 0 radical (unpaired) electrons. The number of halogens is 2. The summed E-state index contributed by atoms with van der Waals surface area (Å²) >= 11 is 5.82. The molecule has 0 bridgehead atoms. The zero-order chi connectivity index (χ0) is 19.3. The van der Waals surface area contributed by atoms with E-state index in [9.17, 15) is 0 Å². The van der Waals surface area contributed by atoms with Crippen molar-refractivity contribution in [2.24, 2.45) is 4.99 Å². The SMILES string of the molecule is CCNC(=NCCOc1ccc(Cl)cn1)N1CCC(OCCCOC)CC1.I. The molecule has 0 saturated carbocycles. The second-order valence-corrected chi connectivity index (χ2v) is 6.74. The molecule has 1 aliphatic heterocycles. The van der Waals surface area contributed by atoms with E-state index in [2.05, 4.69) is 27.1 Å². The summed E-state index contributed by atoms with van der Waals surface area (Å²) in [5.41, 5.74) is 0. The zero-order valence-electron chi connectivity index (χ0n) is 16.7. The van der Waals surface area contributed by atoms with Gasteiger partial charge in [-0.05, 0) is 32.3 Å². The van der Waals surface area contributed by atoms with Gasteiger partial charge in [0.15, 0.2) is 5.96 Å². The Balaban J connectivity index is 0.00000392. The molecule has 1 aliphatic rings. The molecule has 1 fully saturated rings. The fourth-order valence-corrected chi connectivity index (χ4v) is 2.97. The smallest absolute Gasteiger partial charge is 0.213 e. The molecular weight excluding hydrogens is 495 g/mol. The van der Waals surface area contributed by atoms with Gasteiger partial charge < -0.3 is 24.4 Å². The number of piperidine rings is 1. The van der Waals surface area contributed by atoms with E-state index in [4.69, 9.17) is 25.8 Å². The van der Waals surface area contributed by atoms with Gasteiger partial charge in [0.2, 0.25) is 5.88 Å². The van der Waals surface area contributed by atoms with Crippen LogP contribution in [-0.4, -0.2) is 75.1 Å². The van der Waals surface area contributed by atoms with Crippen LogP contribution in [0, 0.1) is 0 Å². The first-order valence-electron chi connectivity index (χ1n) is 9.61. The van der Waals surface area contributed by atoms with E-state index in [0.717, 1.165) is 58.1 Å². The van der Waals surface area contributed by atoms with Gasteiger partial charge in [-0.2, -0.15) is 0 Å². The summed E-state index contributed by atoms with van der Waals surface area (Å²) in [5, 5.41) is 3.96. The van der Waals surface area contributed by atoms with Gasteiger partial charge in [0.25, 0.3) is 0 Å². The molecule has 2 heterocycles. The van der Waals surface area contributed by atoms with Crippen LogP contribution < -0.4 is 10.1 Å². The minimum absolute atomic E-state index is 0. The van der Waals surface area contributed by atoms with E-state index >= 15 is 0 Å². The highest BCUT2D eigenvalue weighted by molar-refractivity contribution is 14.0. The predicted molar refractivity (Wildman–Crippen MR) is 123 cm³/mol. The average molecular weight is 527 g/mol. The summed E-state index contributed by atoms with van der Waals surface area (Å²) in [5.74, 6) is 1.49. The lowest BCUT2D eigenvalue weighted by atomic mass is 10.1. The van der Waals surface area contributed by atoms with Gasteiger partial charge in [-0.15, -0.1) is 24.0 Å². The Kier molecular flexibility index (Phi) is 13.6. The quantitative estimate of drug-likeness (QED) is 0.219. The Labute approximate surface area is 190 Å². The van der Waals surface area contributed by atoms with Gasteiger partial charge in [0, 0.05) is 52.2 Å². The van der Waals surface area contributed by atoms with Gasteiger partial charge in [0.1, 0.15) is 6.61 Å². The van der Waals surface area contributed by atoms with Gasteiger partial charge in [-0.25, -0.2) is 9.98 Å². The maximum Gasteiger partial charge on any atom is 0.213 e. The highest BCUT2D eigenvalue weighted by Crippen LogP contribution is 2.14. The molecule has 9 heteroatoms. The molecule has 0 amide bonds. The van der Waals surface area contributed by atoms with Crippen molar-refractivity contribution in [3.05, 3.63) is 23.4 Å². The zero-order valence-corrected chi connectivity index (χ0v) is 19.8. The van der Waals surface area contributed by atoms with E-state index in [1.54, 1.807) is 25.4 Å². The molecule has 1 aromatic heterocycles. The number of hydrogen-bond acceptors (Lipinski definition) is 5. The molecule has 0 unspecified atom stereocenters. The molecule has 0 atom stereocenters. The first kappa shape index (κ1) is 25.2. The van der Waals surface area contributed by atoms with Gasteiger partial charge in [-0.3, -0.25) is 0 Å². The lowest BCUT2D eigenvalue weighted by molar-refractivity contribution is 0.00989. The topological polar surface area (TPSA) is 68.2 Å². The number of pyridine rings is 1. The van der Waals surface area contributed by atoms with Crippen molar-refractivity contribution in [3.63, 3.8) is 0 Å². The normalized spacial score (nSPS) is 15.2. The first-order chi connectivity index (χ1) is 13.2. The molecule has 1 aromatic rings. The Morgan fingerprint density at radius 3 is 2.71 bits per heavy atom. The highest BCUT2D eigenvalue weighted by Gasteiger charge is 2.21. The van der Waals surface area contributed by atoms with Gasteiger partial charge in [0.05, 0.1) is 17.7 Å². The summed E-state index contributed by atoms with van der Waals surface area (Å²) in [6.45, 7) is 7.37. The maximum atomic E-state index is 5.93. The fraction of sp³-hybridized carbons (Fsp3) is 0.684. The molecule has 28 heavy (non-hydrogen) atoms. The van der Waals surface area contributed by atoms with Crippen LogP contribution in [0.1, 0.15) is 26.2 Å². The van der Waals surface area contributed by atoms with Crippen molar-refractivity contribution in [1.29, 1.82) is 0 Å². The number of hydrogen-bond donors (Lipinski definition) is 1. The van der Waals surface area contributed by atoms with E-state index < -0.39 is 0 Å². The van der Waals surface area contributed by atoms with E-state index in [0.29, 0.717) is 30.2 Å². The van der Waals surface area contributed by atoms with Crippen molar-refractivity contribution in [1.82, 2.24) is 15.2 Å². The number of ether oxygens (including phenoxy) is 3. The summed E-state index contributed by atoms with van der Waals surface area (Å²) in [7, 11) is 1.72. The number of rotatable bonds is 10. The second kappa shape index (κ2) is 15.1. The van der Waals surface area contributed by atoms with E-state index in [-0.39, 0.29) is 24.0 Å². The molecule has 160 valence electrons. The minimum atomic E-state index is 0. The van der Waals surface area contributed by atoms with Crippen LogP contribution >= 0.6 is 35.6 Å². The lowest BCUT2D eigenvalue weighted by Gasteiger charge is -2.34. The minimum Gasteiger partial charge on any atom is -0.476 e. The number of methoxy groups -OCH3 is 1. The van der Waals surface area contributed by atoms with Crippen molar-refractivity contribution in [2.75, 3.05) is 53.1 Å². The monoisotopic (exact) mass is 526 g/mol. The molecule has 0 aromatic carbocycles. The predicted octanol–water partition coefficient (Wildman–Crippen LogP) is 3.21. The second-order valence-electron chi connectivity index (χ2n) is 6.30. The summed E-state index contributed by atoms with van der Waals surface area (Å²) in [4.78, 5) is 11.1. The standard InChI is InChI=1S/C19H31ClN4O3.HI/c1-3-21-19(22-9-14-27-18-6-5-16(20)15-23-18)24-10-7-17(8-11-24)26-13-4-12-25-2;/h5-6,15,17H,3-4,7-14H2,1-2H3,(H,21,22);1H. The maximum absolute atomic E-state index is 5.93. The Hall–Kier alpha value is -0.840. The molecule has 1 saturated heterocycles. The Morgan fingerprint density at radius 2 is 2.07 bits per heavy atom. The number of nitrogens with zero attached hydrogens (tertiary/aromatic N) is 3. The summed E-state index contributed by atoms with van der Waals surface area (Å²) in [6.07, 6.45) is 4.89. The number of guanidine groups is 1. The third-order valence-electron chi connectivity index (χ3n) is 4.23. The van der Waals surface area contributed by atoms with Gasteiger partial charge in [-0.1, -0.05) is 11.6 Å². The third-order valence-corrected chi connectivity index (χ3v) is 4.45. The molecule has 7 nitrogen and oxygen atoms in total. The Bertz CT molecular complexity index is 555. The number of aromatic nitrogens is 1. The number of nitrogens with one attached hydrogen (secondary N) is 1. The van der Waals surface area contributed by atoms with Crippen LogP contribution in [0.4, 0.5) is 0 Å². The van der Waals surface area contributed by atoms with Crippen LogP contribution in [0.5, 0.6) is 5.88 Å². The van der Waals surface area contributed by atoms with Crippen molar-refractivity contribution >= 4 is 41.5 Å². The largest absolute Gasteiger partial charge is 0.476 e. The van der Waals surface area contributed by atoms with Crippen molar-refractivity contribution in [2.45, 2.75) is 32.3 Å². The molecule has 1 N–H and O–H groups in total.